The zero-order valence-electron chi connectivity index (χ0n) is 12.9. The zero-order chi connectivity index (χ0) is 17.5. The number of ketones is 1. The molecule has 1 aromatic rings. The number of rotatable bonds is 4. The summed E-state index contributed by atoms with van der Waals surface area (Å²) < 4.78 is 10.5. The van der Waals surface area contributed by atoms with Crippen LogP contribution < -0.4 is 5.32 Å². The number of nitrogens with one attached hydrogen (secondary N) is 1. The van der Waals surface area contributed by atoms with E-state index in [-0.39, 0.29) is 11.7 Å². The topological polar surface area (TPSA) is 124 Å². The minimum absolute atomic E-state index is 0.207. The van der Waals surface area contributed by atoms with Gasteiger partial charge in [0.2, 0.25) is 0 Å². The van der Waals surface area contributed by atoms with Crippen LogP contribution >= 0.6 is 7.60 Å². The lowest BCUT2D eigenvalue weighted by Crippen LogP contribution is -2.35. The van der Waals surface area contributed by atoms with Crippen molar-refractivity contribution in [3.8, 4) is 0 Å². The van der Waals surface area contributed by atoms with Crippen molar-refractivity contribution in [3.63, 3.8) is 0 Å². The molecule has 1 heterocycles. The van der Waals surface area contributed by atoms with Crippen LogP contribution in [0.15, 0.2) is 24.3 Å². The Morgan fingerprint density at radius 3 is 2.48 bits per heavy atom. The number of hydrogen-bond acceptors (Lipinski definition) is 4. The summed E-state index contributed by atoms with van der Waals surface area (Å²) in [5, 5.41) is 11.5. The molecule has 2 rings (SSSR count). The third-order valence-electron chi connectivity index (χ3n) is 3.38. The lowest BCUT2D eigenvalue weighted by Gasteiger charge is -2.21. The summed E-state index contributed by atoms with van der Waals surface area (Å²) in [5.74, 6) is -1.40. The van der Waals surface area contributed by atoms with E-state index in [0.717, 1.165) is 24.9 Å². The van der Waals surface area contributed by atoms with Gasteiger partial charge < -0.3 is 20.2 Å². The molecule has 0 spiro atoms. The number of aryl methyl sites for hydroxylation is 1. The molecule has 0 unspecified atom stereocenters. The molecule has 1 aliphatic rings. The van der Waals surface area contributed by atoms with Crippen LogP contribution in [0.1, 0.15) is 28.8 Å². The average Bonchev–Trinajstić information content (AvgIpc) is 2.47. The van der Waals surface area contributed by atoms with Crippen LogP contribution in [0, 0.1) is 12.8 Å². The number of carbonyl (C=O) groups is 2. The van der Waals surface area contributed by atoms with Crippen molar-refractivity contribution in [2.45, 2.75) is 19.8 Å². The fourth-order valence-electron chi connectivity index (χ4n) is 2.24. The van der Waals surface area contributed by atoms with E-state index < -0.39 is 19.7 Å². The van der Waals surface area contributed by atoms with Crippen LogP contribution in [0.3, 0.4) is 0 Å². The van der Waals surface area contributed by atoms with Gasteiger partial charge in [0.15, 0.2) is 0 Å². The first-order valence-electron chi connectivity index (χ1n) is 7.27. The first-order valence-corrected chi connectivity index (χ1v) is 9.07. The van der Waals surface area contributed by atoms with Crippen molar-refractivity contribution >= 4 is 19.3 Å². The van der Waals surface area contributed by atoms with Gasteiger partial charge in [-0.3, -0.25) is 9.36 Å². The third kappa shape index (κ3) is 8.04. The molecule has 0 radical (unpaired) electrons. The van der Waals surface area contributed by atoms with E-state index in [1.165, 1.54) is 0 Å². The minimum Gasteiger partial charge on any atom is -0.478 e. The molecule has 0 bridgehead atoms. The highest BCUT2D eigenvalue weighted by atomic mass is 31.2. The molecule has 4 N–H and O–H groups in total. The normalized spacial score (nSPS) is 17.8. The number of Topliss-reactive ketones (excluding diaryl/α,β-unsaturated/α-hetero) is 1. The Balaban J connectivity index is 0.000000238. The molecule has 0 aliphatic carbocycles. The highest BCUT2D eigenvalue weighted by Crippen LogP contribution is 2.35. The first kappa shape index (κ1) is 19.5. The van der Waals surface area contributed by atoms with Gasteiger partial charge in [0.05, 0.1) is 5.56 Å². The van der Waals surface area contributed by atoms with Crippen LogP contribution in [0.5, 0.6) is 0 Å². The van der Waals surface area contributed by atoms with Gasteiger partial charge in [0.1, 0.15) is 11.9 Å². The zero-order valence-corrected chi connectivity index (χ0v) is 13.8. The Kier molecular flexibility index (Phi) is 7.58. The van der Waals surface area contributed by atoms with Gasteiger partial charge >= 0.3 is 13.6 Å². The lowest BCUT2D eigenvalue weighted by molar-refractivity contribution is -0.121. The van der Waals surface area contributed by atoms with E-state index in [1.54, 1.807) is 18.2 Å². The molecule has 1 aromatic carbocycles. The summed E-state index contributed by atoms with van der Waals surface area (Å²) >= 11 is 0. The molecular weight excluding hydrogens is 321 g/mol. The number of carbonyl (C=O) groups excluding carboxylic acids is 1. The Bertz CT molecular complexity index is 591. The SMILES string of the molecule is Cc1cccc(C(=O)O)c1.O=C(CP(=O)(O)O)[C@H]1CCCNC1. The van der Waals surface area contributed by atoms with E-state index in [0.29, 0.717) is 12.1 Å². The summed E-state index contributed by atoms with van der Waals surface area (Å²) in [4.78, 5) is 38.8. The molecule has 8 heteroatoms. The summed E-state index contributed by atoms with van der Waals surface area (Å²) in [6, 6.07) is 6.82. The molecular formula is C15H22NO6P. The number of benzene rings is 1. The summed E-state index contributed by atoms with van der Waals surface area (Å²) in [5.41, 5.74) is 1.32. The van der Waals surface area contributed by atoms with E-state index in [2.05, 4.69) is 5.32 Å². The molecule has 0 amide bonds. The smallest absolute Gasteiger partial charge is 0.335 e. The number of hydrogen-bond donors (Lipinski definition) is 4. The van der Waals surface area contributed by atoms with Crippen molar-refractivity contribution in [1.82, 2.24) is 5.32 Å². The summed E-state index contributed by atoms with van der Waals surface area (Å²) in [6.45, 7) is 3.31. The Labute approximate surface area is 134 Å². The van der Waals surface area contributed by atoms with Gasteiger partial charge in [0.25, 0.3) is 0 Å². The molecule has 23 heavy (non-hydrogen) atoms. The van der Waals surface area contributed by atoms with Crippen LogP contribution in [-0.2, 0) is 9.36 Å². The largest absolute Gasteiger partial charge is 0.478 e. The second-order valence-corrected chi connectivity index (χ2v) is 7.15. The van der Waals surface area contributed by atoms with E-state index in [4.69, 9.17) is 14.9 Å². The van der Waals surface area contributed by atoms with Crippen LogP contribution in [0.4, 0.5) is 0 Å². The highest BCUT2D eigenvalue weighted by molar-refractivity contribution is 7.52. The lowest BCUT2D eigenvalue weighted by atomic mass is 9.96. The number of carboxylic acids is 1. The maximum absolute atomic E-state index is 11.3. The van der Waals surface area contributed by atoms with Gasteiger partial charge in [-0.15, -0.1) is 0 Å². The highest BCUT2D eigenvalue weighted by Gasteiger charge is 2.27. The minimum atomic E-state index is -4.17. The molecule has 0 saturated carbocycles. The van der Waals surface area contributed by atoms with Crippen LogP contribution in [0.25, 0.3) is 0 Å². The van der Waals surface area contributed by atoms with Crippen molar-refractivity contribution < 1.29 is 29.0 Å². The van der Waals surface area contributed by atoms with Gasteiger partial charge in [-0.2, -0.15) is 0 Å². The predicted molar refractivity (Wildman–Crippen MR) is 85.7 cm³/mol. The van der Waals surface area contributed by atoms with Gasteiger partial charge in [-0.05, 0) is 38.4 Å². The molecule has 1 fully saturated rings. The Hall–Kier alpha value is -1.53. The second kappa shape index (κ2) is 8.93. The first-order chi connectivity index (χ1) is 10.7. The molecule has 1 aliphatic heterocycles. The maximum Gasteiger partial charge on any atom is 0.335 e. The number of carboxylic acid groups (broad SMARTS) is 1. The van der Waals surface area contributed by atoms with Gasteiger partial charge in [0, 0.05) is 12.5 Å². The van der Waals surface area contributed by atoms with Crippen molar-refractivity contribution in [1.29, 1.82) is 0 Å². The van der Waals surface area contributed by atoms with Crippen molar-refractivity contribution in [2.24, 2.45) is 5.92 Å². The quantitative estimate of drug-likeness (QED) is 0.610. The second-order valence-electron chi connectivity index (χ2n) is 5.51. The van der Waals surface area contributed by atoms with Crippen molar-refractivity contribution in [2.75, 3.05) is 19.3 Å². The third-order valence-corrected chi connectivity index (χ3v) is 4.10. The maximum atomic E-state index is 11.3. The standard InChI is InChI=1S/C8H8O2.C7H14NO4P/c1-6-3-2-4-7(5-6)8(9)10;9-7(5-13(10,11)12)6-2-1-3-8-4-6/h2-5H,1H3,(H,9,10);6,8H,1-5H2,(H2,10,11,12)/t;6-/m.0/s1. The van der Waals surface area contributed by atoms with Crippen LogP contribution in [-0.4, -0.2) is 45.9 Å². The molecule has 128 valence electrons. The van der Waals surface area contributed by atoms with E-state index in [9.17, 15) is 14.2 Å². The average molecular weight is 343 g/mol. The number of aromatic carboxylic acids is 1. The van der Waals surface area contributed by atoms with Crippen LogP contribution in [0.2, 0.25) is 0 Å². The Morgan fingerprint density at radius 1 is 1.35 bits per heavy atom. The summed E-state index contributed by atoms with van der Waals surface area (Å²) in [6.07, 6.45) is 1.03. The van der Waals surface area contributed by atoms with Gasteiger partial charge in [-0.1, -0.05) is 17.7 Å². The Morgan fingerprint density at radius 2 is 2.04 bits per heavy atom. The fraction of sp³-hybridized carbons (Fsp3) is 0.467. The fourth-order valence-corrected chi connectivity index (χ4v) is 2.90. The molecule has 1 saturated heterocycles. The molecule has 0 aromatic heterocycles. The number of piperidine rings is 1. The van der Waals surface area contributed by atoms with E-state index >= 15 is 0 Å². The predicted octanol–water partition coefficient (Wildman–Crippen LogP) is 1.43. The summed E-state index contributed by atoms with van der Waals surface area (Å²) in [7, 11) is -4.17. The van der Waals surface area contributed by atoms with Crippen molar-refractivity contribution in [3.05, 3.63) is 35.4 Å². The van der Waals surface area contributed by atoms with E-state index in [1.807, 2.05) is 13.0 Å². The van der Waals surface area contributed by atoms with Gasteiger partial charge in [-0.25, -0.2) is 4.79 Å². The monoisotopic (exact) mass is 343 g/mol. The molecule has 7 nitrogen and oxygen atoms in total. The molecule has 1 atom stereocenters.